The van der Waals surface area contributed by atoms with Gasteiger partial charge in [-0.1, -0.05) is 13.8 Å². The van der Waals surface area contributed by atoms with Crippen molar-refractivity contribution in [2.45, 2.75) is 51.6 Å². The van der Waals surface area contributed by atoms with Gasteiger partial charge in [-0.25, -0.2) is 4.98 Å². The summed E-state index contributed by atoms with van der Waals surface area (Å²) in [5.41, 5.74) is -0.172. The van der Waals surface area contributed by atoms with Gasteiger partial charge >= 0.3 is 0 Å². The summed E-state index contributed by atoms with van der Waals surface area (Å²) in [5.74, 6) is 0.745. The Kier molecular flexibility index (Phi) is 4.18. The van der Waals surface area contributed by atoms with Crippen molar-refractivity contribution in [1.29, 1.82) is 0 Å². The Morgan fingerprint density at radius 3 is 2.50 bits per heavy atom. The van der Waals surface area contributed by atoms with Gasteiger partial charge in [0.25, 0.3) is 0 Å². The molecule has 1 N–H and O–H groups in total. The SMILES string of the molecule is COc1cnc(C2(O)CCCC(C)(C)CC2)c(OC)n1. The van der Waals surface area contributed by atoms with Gasteiger partial charge in [0.1, 0.15) is 11.3 Å². The number of hydrogen-bond acceptors (Lipinski definition) is 5. The number of aromatic nitrogens is 2. The first-order valence-electron chi connectivity index (χ1n) is 7.08. The van der Waals surface area contributed by atoms with Crippen LogP contribution in [0.4, 0.5) is 0 Å². The highest BCUT2D eigenvalue weighted by atomic mass is 16.5. The molecule has 5 nitrogen and oxygen atoms in total. The molecule has 1 unspecified atom stereocenters. The van der Waals surface area contributed by atoms with Crippen molar-refractivity contribution >= 4 is 0 Å². The van der Waals surface area contributed by atoms with E-state index < -0.39 is 5.60 Å². The van der Waals surface area contributed by atoms with Crippen LogP contribution in [0.15, 0.2) is 6.20 Å². The molecule has 0 radical (unpaired) electrons. The van der Waals surface area contributed by atoms with Crippen LogP contribution in [0.5, 0.6) is 11.8 Å². The minimum atomic E-state index is -0.960. The highest BCUT2D eigenvalue weighted by Gasteiger charge is 2.39. The Bertz CT molecular complexity index is 476. The zero-order chi connectivity index (χ0) is 14.8. The maximum Gasteiger partial charge on any atom is 0.241 e. The van der Waals surface area contributed by atoms with E-state index in [0.29, 0.717) is 30.3 Å². The van der Waals surface area contributed by atoms with Crippen molar-refractivity contribution in [2.24, 2.45) is 5.41 Å². The topological polar surface area (TPSA) is 64.5 Å². The van der Waals surface area contributed by atoms with Gasteiger partial charge in [-0.2, -0.15) is 4.98 Å². The zero-order valence-corrected chi connectivity index (χ0v) is 12.8. The Labute approximate surface area is 120 Å². The Balaban J connectivity index is 2.33. The molecule has 1 aromatic rings. The van der Waals surface area contributed by atoms with Crippen molar-refractivity contribution in [3.8, 4) is 11.8 Å². The fraction of sp³-hybridized carbons (Fsp3) is 0.733. The molecule has 1 fully saturated rings. The summed E-state index contributed by atoms with van der Waals surface area (Å²) in [4.78, 5) is 8.57. The van der Waals surface area contributed by atoms with Gasteiger partial charge in [-0.15, -0.1) is 0 Å². The third kappa shape index (κ3) is 3.03. The summed E-state index contributed by atoms with van der Waals surface area (Å²) in [5, 5.41) is 11.0. The molecule has 1 saturated carbocycles. The number of methoxy groups -OCH3 is 2. The van der Waals surface area contributed by atoms with E-state index in [0.717, 1.165) is 19.3 Å². The number of nitrogens with zero attached hydrogens (tertiary/aromatic N) is 2. The number of hydrogen-bond donors (Lipinski definition) is 1. The second-order valence-corrected chi connectivity index (χ2v) is 6.32. The predicted molar refractivity (Wildman–Crippen MR) is 75.9 cm³/mol. The molecule has 0 aromatic carbocycles. The number of rotatable bonds is 3. The average molecular weight is 280 g/mol. The largest absolute Gasteiger partial charge is 0.480 e. The molecule has 0 saturated heterocycles. The van der Waals surface area contributed by atoms with Crippen LogP contribution in [0, 0.1) is 5.41 Å². The van der Waals surface area contributed by atoms with Crippen molar-refractivity contribution < 1.29 is 14.6 Å². The molecule has 1 aromatic heterocycles. The van der Waals surface area contributed by atoms with Gasteiger partial charge in [-0.3, -0.25) is 0 Å². The van der Waals surface area contributed by atoms with Crippen molar-refractivity contribution in [1.82, 2.24) is 9.97 Å². The van der Waals surface area contributed by atoms with Crippen LogP contribution in [0.2, 0.25) is 0 Å². The summed E-state index contributed by atoms with van der Waals surface area (Å²) in [6.45, 7) is 4.49. The van der Waals surface area contributed by atoms with Gasteiger partial charge in [-0.05, 0) is 37.5 Å². The van der Waals surface area contributed by atoms with Gasteiger partial charge in [0.05, 0.1) is 20.4 Å². The third-order valence-electron chi connectivity index (χ3n) is 4.22. The fourth-order valence-corrected chi connectivity index (χ4v) is 2.81. The second kappa shape index (κ2) is 5.56. The van der Waals surface area contributed by atoms with Gasteiger partial charge in [0.15, 0.2) is 0 Å². The highest BCUT2D eigenvalue weighted by Crippen LogP contribution is 2.44. The van der Waals surface area contributed by atoms with Crippen LogP contribution in [0.1, 0.15) is 51.6 Å². The lowest BCUT2D eigenvalue weighted by Crippen LogP contribution is -2.28. The van der Waals surface area contributed by atoms with Crippen molar-refractivity contribution in [3.63, 3.8) is 0 Å². The summed E-state index contributed by atoms with van der Waals surface area (Å²) in [6, 6.07) is 0. The van der Waals surface area contributed by atoms with E-state index in [1.54, 1.807) is 0 Å². The molecule has 1 atom stereocenters. The third-order valence-corrected chi connectivity index (χ3v) is 4.22. The summed E-state index contributed by atoms with van der Waals surface area (Å²) in [6.07, 6.45) is 5.94. The van der Waals surface area contributed by atoms with E-state index in [4.69, 9.17) is 9.47 Å². The van der Waals surface area contributed by atoms with Gasteiger partial charge in [0, 0.05) is 0 Å². The Morgan fingerprint density at radius 2 is 1.85 bits per heavy atom. The van der Waals surface area contributed by atoms with Gasteiger partial charge < -0.3 is 14.6 Å². The lowest BCUT2D eigenvalue weighted by atomic mass is 9.83. The molecule has 20 heavy (non-hydrogen) atoms. The van der Waals surface area contributed by atoms with Crippen LogP contribution in [-0.2, 0) is 5.60 Å². The first-order valence-corrected chi connectivity index (χ1v) is 7.08. The van der Waals surface area contributed by atoms with E-state index in [1.807, 2.05) is 0 Å². The molecule has 0 bridgehead atoms. The molecule has 2 rings (SSSR count). The van der Waals surface area contributed by atoms with Crippen LogP contribution < -0.4 is 9.47 Å². The number of ether oxygens (including phenoxy) is 2. The van der Waals surface area contributed by atoms with Crippen molar-refractivity contribution in [2.75, 3.05) is 14.2 Å². The zero-order valence-electron chi connectivity index (χ0n) is 12.8. The minimum absolute atomic E-state index is 0.262. The maximum atomic E-state index is 11.0. The highest BCUT2D eigenvalue weighted by molar-refractivity contribution is 5.28. The smallest absolute Gasteiger partial charge is 0.241 e. The summed E-state index contributed by atoms with van der Waals surface area (Å²) < 4.78 is 10.3. The van der Waals surface area contributed by atoms with Crippen LogP contribution in [0.25, 0.3) is 0 Å². The monoisotopic (exact) mass is 280 g/mol. The Hall–Kier alpha value is -1.36. The summed E-state index contributed by atoms with van der Waals surface area (Å²) >= 11 is 0. The van der Waals surface area contributed by atoms with Crippen molar-refractivity contribution in [3.05, 3.63) is 11.9 Å². The molecule has 0 aliphatic heterocycles. The van der Waals surface area contributed by atoms with E-state index in [9.17, 15) is 5.11 Å². The molecule has 5 heteroatoms. The standard InChI is InChI=1S/C15H24N2O3/c1-14(2)6-5-7-15(18,9-8-14)12-13(20-4)17-11(19-3)10-16-12/h10,18H,5-9H2,1-4H3. The lowest BCUT2D eigenvalue weighted by molar-refractivity contribution is 0.0107. The van der Waals surface area contributed by atoms with Crippen LogP contribution in [0.3, 0.4) is 0 Å². The van der Waals surface area contributed by atoms with E-state index in [1.165, 1.54) is 20.4 Å². The lowest BCUT2D eigenvalue weighted by Gasteiger charge is -2.28. The van der Waals surface area contributed by atoms with Gasteiger partial charge in [0.2, 0.25) is 11.8 Å². The normalized spacial score (nSPS) is 25.9. The molecule has 1 aliphatic carbocycles. The average Bonchev–Trinajstić information content (AvgIpc) is 2.57. The molecule has 112 valence electrons. The van der Waals surface area contributed by atoms with Crippen LogP contribution >= 0.6 is 0 Å². The predicted octanol–water partition coefficient (Wildman–Crippen LogP) is 2.67. The second-order valence-electron chi connectivity index (χ2n) is 6.32. The number of aliphatic hydroxyl groups is 1. The molecular weight excluding hydrogens is 256 g/mol. The molecule has 1 heterocycles. The summed E-state index contributed by atoms with van der Waals surface area (Å²) in [7, 11) is 3.07. The van der Waals surface area contributed by atoms with E-state index in [-0.39, 0.29) is 5.41 Å². The van der Waals surface area contributed by atoms with E-state index >= 15 is 0 Å². The van der Waals surface area contributed by atoms with Crippen LogP contribution in [-0.4, -0.2) is 29.3 Å². The fourth-order valence-electron chi connectivity index (χ4n) is 2.81. The minimum Gasteiger partial charge on any atom is -0.480 e. The first-order chi connectivity index (χ1) is 9.40. The quantitative estimate of drug-likeness (QED) is 0.862. The molecule has 0 amide bonds. The molecular formula is C15H24N2O3. The first kappa shape index (κ1) is 15.0. The van der Waals surface area contributed by atoms with E-state index in [2.05, 4.69) is 23.8 Å². The molecule has 0 spiro atoms. The molecule has 1 aliphatic rings. The Morgan fingerprint density at radius 1 is 1.10 bits per heavy atom. The maximum absolute atomic E-state index is 11.0.